The molecule has 0 atom stereocenters. The zero-order chi connectivity index (χ0) is 18.5. The number of nitrogens with zero attached hydrogens (tertiary/aromatic N) is 4. The fourth-order valence-corrected chi connectivity index (χ4v) is 3.24. The predicted octanol–water partition coefficient (Wildman–Crippen LogP) is 2.39. The van der Waals surface area contributed by atoms with Crippen LogP contribution in [-0.2, 0) is 11.3 Å². The molecule has 1 aliphatic heterocycles. The van der Waals surface area contributed by atoms with Crippen LogP contribution in [0.4, 0.5) is 11.6 Å². The van der Waals surface area contributed by atoms with Crippen molar-refractivity contribution in [2.75, 3.05) is 30.3 Å². The number of para-hydroxylation sites is 2. The second kappa shape index (κ2) is 8.03. The summed E-state index contributed by atoms with van der Waals surface area (Å²) in [4.78, 5) is 29.9. The van der Waals surface area contributed by atoms with Crippen LogP contribution in [0.5, 0.6) is 0 Å². The molecule has 0 radical (unpaired) electrons. The second-order valence-corrected chi connectivity index (χ2v) is 6.61. The number of anilines is 2. The van der Waals surface area contributed by atoms with Crippen molar-refractivity contribution in [3.8, 4) is 0 Å². The monoisotopic (exact) mass is 365 g/mol. The van der Waals surface area contributed by atoms with E-state index >= 15 is 0 Å². The number of hydrogen-bond donors (Lipinski definition) is 3. The van der Waals surface area contributed by atoms with Crippen molar-refractivity contribution in [1.82, 2.24) is 24.8 Å². The summed E-state index contributed by atoms with van der Waals surface area (Å²) >= 11 is 0. The highest BCUT2D eigenvalue weighted by atomic mass is 16.2. The number of imidazole rings is 1. The Hall–Kier alpha value is -3.16. The van der Waals surface area contributed by atoms with Crippen LogP contribution in [0.15, 0.2) is 36.7 Å². The van der Waals surface area contributed by atoms with E-state index in [1.54, 1.807) is 0 Å². The highest BCUT2D eigenvalue weighted by Gasteiger charge is 2.18. The Morgan fingerprint density at radius 3 is 2.81 bits per heavy atom. The van der Waals surface area contributed by atoms with Gasteiger partial charge in [0, 0.05) is 32.1 Å². The first-order valence-corrected chi connectivity index (χ1v) is 9.29. The molecule has 140 valence electrons. The molecule has 1 aliphatic rings. The van der Waals surface area contributed by atoms with E-state index in [0.29, 0.717) is 13.0 Å². The lowest BCUT2D eigenvalue weighted by Crippen LogP contribution is -2.27. The van der Waals surface area contributed by atoms with Gasteiger partial charge in [-0.25, -0.2) is 15.0 Å². The molecule has 3 N–H and O–H groups in total. The van der Waals surface area contributed by atoms with Crippen molar-refractivity contribution in [2.24, 2.45) is 0 Å². The minimum Gasteiger partial charge on any atom is -0.370 e. The van der Waals surface area contributed by atoms with Gasteiger partial charge in [0.05, 0.1) is 17.6 Å². The molecule has 1 aromatic carbocycles. The van der Waals surface area contributed by atoms with E-state index in [2.05, 4.69) is 30.6 Å². The molecule has 0 aliphatic carbocycles. The molecule has 2 aromatic heterocycles. The Kier molecular flexibility index (Phi) is 5.13. The quantitative estimate of drug-likeness (QED) is 0.530. The zero-order valence-electron chi connectivity index (χ0n) is 15.1. The van der Waals surface area contributed by atoms with Gasteiger partial charge in [0.1, 0.15) is 23.8 Å². The summed E-state index contributed by atoms with van der Waals surface area (Å²) in [5, 5.41) is 6.56. The topological polar surface area (TPSA) is 98.8 Å². The lowest BCUT2D eigenvalue weighted by molar-refractivity contribution is -0.127. The molecule has 1 fully saturated rings. The first-order valence-electron chi connectivity index (χ1n) is 9.29. The highest BCUT2D eigenvalue weighted by molar-refractivity contribution is 5.78. The van der Waals surface area contributed by atoms with Gasteiger partial charge in [-0.15, -0.1) is 0 Å². The molecular formula is C19H23N7O. The zero-order valence-corrected chi connectivity index (χ0v) is 15.1. The number of amides is 1. The van der Waals surface area contributed by atoms with Crippen molar-refractivity contribution in [2.45, 2.75) is 25.8 Å². The lowest BCUT2D eigenvalue weighted by atomic mass is 10.3. The van der Waals surface area contributed by atoms with E-state index in [4.69, 9.17) is 0 Å². The number of carbonyl (C=O) groups is 1. The minimum atomic E-state index is 0.272. The Labute approximate surface area is 157 Å². The average molecular weight is 365 g/mol. The third-order valence-electron chi connectivity index (χ3n) is 4.62. The number of rotatable bonds is 8. The van der Waals surface area contributed by atoms with Crippen molar-refractivity contribution in [3.63, 3.8) is 0 Å². The molecule has 0 spiro atoms. The maximum atomic E-state index is 11.6. The molecule has 3 aromatic rings. The molecule has 0 unspecified atom stereocenters. The standard InChI is InChI=1S/C19H23N7O/c27-19-7-3-9-26(19)10-4-8-20-16-11-17(23-13-22-16)21-12-18-24-14-5-1-2-6-15(14)25-18/h1-2,5-6,11,13H,3-4,7-10,12H2,(H,24,25)(H2,20,21,22,23). The number of benzene rings is 1. The van der Waals surface area contributed by atoms with E-state index < -0.39 is 0 Å². The molecule has 27 heavy (non-hydrogen) atoms. The van der Waals surface area contributed by atoms with E-state index in [1.807, 2.05) is 35.2 Å². The van der Waals surface area contributed by atoms with Gasteiger partial charge in [0.2, 0.25) is 5.91 Å². The summed E-state index contributed by atoms with van der Waals surface area (Å²) in [5.41, 5.74) is 1.98. The largest absolute Gasteiger partial charge is 0.370 e. The Balaban J connectivity index is 1.26. The smallest absolute Gasteiger partial charge is 0.222 e. The maximum absolute atomic E-state index is 11.6. The first kappa shape index (κ1) is 17.3. The summed E-state index contributed by atoms with van der Waals surface area (Å²) in [6.07, 6.45) is 4.11. The van der Waals surface area contributed by atoms with E-state index in [9.17, 15) is 4.79 Å². The third kappa shape index (κ3) is 4.33. The number of H-pyrrole nitrogens is 1. The Bertz CT molecular complexity index is 890. The normalized spacial score (nSPS) is 14.1. The molecule has 8 heteroatoms. The maximum Gasteiger partial charge on any atom is 0.222 e. The van der Waals surface area contributed by atoms with Crippen LogP contribution >= 0.6 is 0 Å². The molecule has 0 saturated carbocycles. The number of nitrogens with one attached hydrogen (secondary N) is 3. The molecule has 0 bridgehead atoms. The van der Waals surface area contributed by atoms with Crippen molar-refractivity contribution >= 4 is 28.6 Å². The number of carbonyl (C=O) groups excluding carboxylic acids is 1. The number of aromatic nitrogens is 4. The summed E-state index contributed by atoms with van der Waals surface area (Å²) in [7, 11) is 0. The Morgan fingerprint density at radius 2 is 2.00 bits per heavy atom. The predicted molar refractivity (Wildman–Crippen MR) is 104 cm³/mol. The van der Waals surface area contributed by atoms with E-state index in [-0.39, 0.29) is 5.91 Å². The van der Waals surface area contributed by atoms with Crippen LogP contribution in [0, 0.1) is 0 Å². The van der Waals surface area contributed by atoms with Crippen LogP contribution in [0.3, 0.4) is 0 Å². The van der Waals surface area contributed by atoms with Gasteiger partial charge >= 0.3 is 0 Å². The average Bonchev–Trinajstić information content (AvgIpc) is 3.29. The number of likely N-dealkylation sites (tertiary alicyclic amines) is 1. The van der Waals surface area contributed by atoms with Gasteiger partial charge in [-0.05, 0) is 25.0 Å². The third-order valence-corrected chi connectivity index (χ3v) is 4.62. The van der Waals surface area contributed by atoms with Gasteiger partial charge in [-0.3, -0.25) is 4.79 Å². The van der Waals surface area contributed by atoms with Gasteiger partial charge < -0.3 is 20.5 Å². The van der Waals surface area contributed by atoms with Crippen LogP contribution in [0.2, 0.25) is 0 Å². The molecule has 3 heterocycles. The number of aromatic amines is 1. The number of hydrogen-bond acceptors (Lipinski definition) is 6. The summed E-state index contributed by atoms with van der Waals surface area (Å²) in [6, 6.07) is 9.83. The lowest BCUT2D eigenvalue weighted by Gasteiger charge is -2.15. The fourth-order valence-electron chi connectivity index (χ4n) is 3.24. The molecular weight excluding hydrogens is 342 g/mol. The van der Waals surface area contributed by atoms with Crippen molar-refractivity contribution in [1.29, 1.82) is 0 Å². The van der Waals surface area contributed by atoms with Gasteiger partial charge in [-0.1, -0.05) is 12.1 Å². The van der Waals surface area contributed by atoms with E-state index in [0.717, 1.165) is 61.0 Å². The molecule has 8 nitrogen and oxygen atoms in total. The fraction of sp³-hybridized carbons (Fsp3) is 0.368. The minimum absolute atomic E-state index is 0.272. The summed E-state index contributed by atoms with van der Waals surface area (Å²) in [5.74, 6) is 2.64. The number of fused-ring (bicyclic) bond motifs is 1. The van der Waals surface area contributed by atoms with Crippen molar-refractivity contribution < 1.29 is 4.79 Å². The second-order valence-electron chi connectivity index (χ2n) is 6.61. The van der Waals surface area contributed by atoms with Crippen molar-refractivity contribution in [3.05, 3.63) is 42.5 Å². The summed E-state index contributed by atoms with van der Waals surface area (Å²) < 4.78 is 0. The SMILES string of the molecule is O=C1CCCN1CCCNc1cc(NCc2nc3ccccc3[nH]2)ncn1. The summed E-state index contributed by atoms with van der Waals surface area (Å²) in [6.45, 7) is 3.02. The Morgan fingerprint density at radius 1 is 1.15 bits per heavy atom. The van der Waals surface area contributed by atoms with Crippen LogP contribution in [0.1, 0.15) is 25.1 Å². The molecule has 1 saturated heterocycles. The van der Waals surface area contributed by atoms with Gasteiger partial charge in [0.15, 0.2) is 0 Å². The molecule has 1 amide bonds. The van der Waals surface area contributed by atoms with Crippen LogP contribution in [-0.4, -0.2) is 50.4 Å². The molecule has 4 rings (SSSR count). The van der Waals surface area contributed by atoms with E-state index in [1.165, 1.54) is 6.33 Å². The first-order chi connectivity index (χ1) is 13.3. The highest BCUT2D eigenvalue weighted by Crippen LogP contribution is 2.13. The van der Waals surface area contributed by atoms with Gasteiger partial charge in [-0.2, -0.15) is 0 Å². The van der Waals surface area contributed by atoms with Crippen LogP contribution in [0.25, 0.3) is 11.0 Å². The van der Waals surface area contributed by atoms with Gasteiger partial charge in [0.25, 0.3) is 0 Å². The van der Waals surface area contributed by atoms with Crippen LogP contribution < -0.4 is 10.6 Å².